The number of methoxy groups -OCH3 is 1. The molecule has 3 amide bonds. The summed E-state index contributed by atoms with van der Waals surface area (Å²) in [6, 6.07) is 20.4. The Labute approximate surface area is 204 Å². The number of benzene rings is 3. The van der Waals surface area contributed by atoms with Crippen LogP contribution in [0.5, 0.6) is 5.75 Å². The van der Waals surface area contributed by atoms with Gasteiger partial charge < -0.3 is 25.6 Å². The fourth-order valence-corrected chi connectivity index (χ4v) is 4.00. The maximum Gasteiger partial charge on any atom is 0.258 e. The number of amides is 3. The van der Waals surface area contributed by atoms with Crippen LogP contribution in [0.4, 0.5) is 17.1 Å². The number of fused-ring (bicyclic) bond motifs is 1. The number of nitrogens with one attached hydrogen (secondary N) is 3. The highest BCUT2D eigenvalue weighted by atomic mass is 16.5. The lowest BCUT2D eigenvalue weighted by Gasteiger charge is -2.18. The number of para-hydroxylation sites is 1. The van der Waals surface area contributed by atoms with Gasteiger partial charge in [-0.3, -0.25) is 14.4 Å². The third-order valence-corrected chi connectivity index (χ3v) is 5.77. The number of hydrogen-bond acceptors (Lipinski definition) is 5. The highest BCUT2D eigenvalue weighted by Crippen LogP contribution is 2.29. The number of carbonyl (C=O) groups is 3. The molecule has 0 bridgehead atoms. The van der Waals surface area contributed by atoms with Crippen LogP contribution in [0, 0.1) is 6.92 Å². The molecule has 1 heterocycles. The standard InChI is InChI=1S/C27H28N4O4/c1-18-10-11-24(35-2)22(14-18)30-26(33)17-29-25(32)16-28-21-8-5-7-20(15-21)27(34)31-13-12-19-6-3-4-9-23(19)31/h3-11,14-15,28H,12-13,16-17H2,1-2H3,(H,29,32)(H,30,33). The van der Waals surface area contributed by atoms with Crippen molar-refractivity contribution in [2.24, 2.45) is 0 Å². The van der Waals surface area contributed by atoms with E-state index in [4.69, 9.17) is 4.74 Å². The topological polar surface area (TPSA) is 99.8 Å². The van der Waals surface area contributed by atoms with Crippen molar-refractivity contribution in [3.05, 3.63) is 83.4 Å². The van der Waals surface area contributed by atoms with E-state index in [0.717, 1.165) is 23.2 Å². The third kappa shape index (κ3) is 5.78. The molecule has 4 rings (SSSR count). The minimum absolute atomic E-state index is 0.0365. The van der Waals surface area contributed by atoms with E-state index in [1.807, 2.05) is 37.3 Å². The SMILES string of the molecule is COc1ccc(C)cc1NC(=O)CNC(=O)CNc1cccc(C(=O)N2CCc3ccccc32)c1. The fraction of sp³-hybridized carbons (Fsp3) is 0.222. The molecule has 3 aromatic rings. The number of anilines is 3. The first-order valence-electron chi connectivity index (χ1n) is 11.4. The molecule has 35 heavy (non-hydrogen) atoms. The summed E-state index contributed by atoms with van der Waals surface area (Å²) in [6.07, 6.45) is 0.838. The monoisotopic (exact) mass is 472 g/mol. The van der Waals surface area contributed by atoms with Crippen molar-refractivity contribution < 1.29 is 19.1 Å². The summed E-state index contributed by atoms with van der Waals surface area (Å²) in [7, 11) is 1.53. The predicted molar refractivity (Wildman–Crippen MR) is 136 cm³/mol. The third-order valence-electron chi connectivity index (χ3n) is 5.77. The van der Waals surface area contributed by atoms with E-state index < -0.39 is 0 Å². The molecular formula is C27H28N4O4. The van der Waals surface area contributed by atoms with E-state index >= 15 is 0 Å². The Morgan fingerprint density at radius 2 is 1.77 bits per heavy atom. The summed E-state index contributed by atoms with van der Waals surface area (Å²) in [5.74, 6) is -0.239. The summed E-state index contributed by atoms with van der Waals surface area (Å²) in [4.78, 5) is 39.4. The molecule has 1 aliphatic rings. The first-order chi connectivity index (χ1) is 16.9. The molecular weight excluding hydrogens is 444 g/mol. The van der Waals surface area contributed by atoms with Crippen molar-refractivity contribution in [2.75, 3.05) is 42.3 Å². The highest BCUT2D eigenvalue weighted by Gasteiger charge is 2.25. The Bertz CT molecular complexity index is 1260. The minimum Gasteiger partial charge on any atom is -0.495 e. The second-order valence-electron chi connectivity index (χ2n) is 8.30. The van der Waals surface area contributed by atoms with Gasteiger partial charge in [-0.1, -0.05) is 30.3 Å². The number of hydrogen-bond donors (Lipinski definition) is 3. The van der Waals surface area contributed by atoms with E-state index in [1.54, 1.807) is 41.3 Å². The van der Waals surface area contributed by atoms with Crippen LogP contribution >= 0.6 is 0 Å². The summed E-state index contributed by atoms with van der Waals surface area (Å²) in [5.41, 5.74) is 4.82. The first kappa shape index (κ1) is 23.8. The van der Waals surface area contributed by atoms with Crippen LogP contribution in [0.3, 0.4) is 0 Å². The fourth-order valence-electron chi connectivity index (χ4n) is 4.00. The quantitative estimate of drug-likeness (QED) is 0.467. The number of nitrogens with zero attached hydrogens (tertiary/aromatic N) is 1. The second-order valence-corrected chi connectivity index (χ2v) is 8.30. The van der Waals surface area contributed by atoms with Crippen molar-refractivity contribution in [3.8, 4) is 5.75 Å². The number of rotatable bonds is 8. The second kappa shape index (κ2) is 10.7. The normalized spacial score (nSPS) is 12.0. The highest BCUT2D eigenvalue weighted by molar-refractivity contribution is 6.07. The van der Waals surface area contributed by atoms with Gasteiger partial charge in [0.25, 0.3) is 5.91 Å². The molecule has 180 valence electrons. The Hall–Kier alpha value is -4.33. The summed E-state index contributed by atoms with van der Waals surface area (Å²) >= 11 is 0. The molecule has 0 spiro atoms. The van der Waals surface area contributed by atoms with E-state index in [-0.39, 0.29) is 30.8 Å². The maximum atomic E-state index is 13.1. The van der Waals surface area contributed by atoms with Crippen LogP contribution in [-0.4, -0.2) is 44.5 Å². The van der Waals surface area contributed by atoms with Gasteiger partial charge in [0.05, 0.1) is 25.9 Å². The van der Waals surface area contributed by atoms with Crippen LogP contribution in [0.1, 0.15) is 21.5 Å². The smallest absolute Gasteiger partial charge is 0.258 e. The van der Waals surface area contributed by atoms with Gasteiger partial charge in [-0.15, -0.1) is 0 Å². The van der Waals surface area contributed by atoms with Crippen molar-refractivity contribution in [1.82, 2.24) is 5.32 Å². The van der Waals surface area contributed by atoms with Crippen molar-refractivity contribution in [3.63, 3.8) is 0 Å². The lowest BCUT2D eigenvalue weighted by molar-refractivity contribution is -0.122. The van der Waals surface area contributed by atoms with Gasteiger partial charge >= 0.3 is 0 Å². The van der Waals surface area contributed by atoms with Crippen molar-refractivity contribution in [2.45, 2.75) is 13.3 Å². The Balaban J connectivity index is 1.28. The Morgan fingerprint density at radius 3 is 2.60 bits per heavy atom. The first-order valence-corrected chi connectivity index (χ1v) is 11.4. The lowest BCUT2D eigenvalue weighted by atomic mass is 10.1. The van der Waals surface area contributed by atoms with Crippen molar-refractivity contribution >= 4 is 34.8 Å². The number of aryl methyl sites for hydroxylation is 1. The molecule has 0 aromatic heterocycles. The van der Waals surface area contributed by atoms with E-state index in [2.05, 4.69) is 16.0 Å². The van der Waals surface area contributed by atoms with Gasteiger partial charge in [0.2, 0.25) is 11.8 Å². The molecule has 0 radical (unpaired) electrons. The average Bonchev–Trinajstić information content (AvgIpc) is 3.30. The van der Waals surface area contributed by atoms with Gasteiger partial charge in [0.1, 0.15) is 5.75 Å². The van der Waals surface area contributed by atoms with Crippen LogP contribution in [0.15, 0.2) is 66.7 Å². The van der Waals surface area contributed by atoms with Crippen LogP contribution in [0.25, 0.3) is 0 Å². The molecule has 1 aliphatic heterocycles. The zero-order chi connectivity index (χ0) is 24.8. The summed E-state index contributed by atoms with van der Waals surface area (Å²) in [6.45, 7) is 2.35. The number of carbonyl (C=O) groups excluding carboxylic acids is 3. The molecule has 0 fully saturated rings. The van der Waals surface area contributed by atoms with Crippen LogP contribution in [-0.2, 0) is 16.0 Å². The van der Waals surface area contributed by atoms with Crippen LogP contribution in [0.2, 0.25) is 0 Å². The molecule has 3 N–H and O–H groups in total. The van der Waals surface area contributed by atoms with E-state index in [1.165, 1.54) is 7.11 Å². The summed E-state index contributed by atoms with van der Waals surface area (Å²) in [5, 5.41) is 8.35. The lowest BCUT2D eigenvalue weighted by Crippen LogP contribution is -2.36. The van der Waals surface area contributed by atoms with Crippen molar-refractivity contribution in [1.29, 1.82) is 0 Å². The van der Waals surface area contributed by atoms with Gasteiger partial charge in [-0.25, -0.2) is 0 Å². The summed E-state index contributed by atoms with van der Waals surface area (Å²) < 4.78 is 5.25. The van der Waals surface area contributed by atoms with Crippen LogP contribution < -0.4 is 25.6 Å². The molecule has 8 nitrogen and oxygen atoms in total. The van der Waals surface area contributed by atoms with E-state index in [9.17, 15) is 14.4 Å². The molecule has 8 heteroatoms. The van der Waals surface area contributed by atoms with Gasteiger partial charge in [-0.05, 0) is 60.9 Å². The zero-order valence-corrected chi connectivity index (χ0v) is 19.8. The zero-order valence-electron chi connectivity index (χ0n) is 19.8. The van der Waals surface area contributed by atoms with Gasteiger partial charge in [-0.2, -0.15) is 0 Å². The van der Waals surface area contributed by atoms with E-state index in [0.29, 0.717) is 29.2 Å². The van der Waals surface area contributed by atoms with Gasteiger partial charge in [0, 0.05) is 23.5 Å². The molecule has 0 saturated carbocycles. The molecule has 0 unspecified atom stereocenters. The average molecular weight is 473 g/mol. The predicted octanol–water partition coefficient (Wildman–Crippen LogP) is 3.37. The van der Waals surface area contributed by atoms with Gasteiger partial charge in [0.15, 0.2) is 0 Å². The number of ether oxygens (including phenoxy) is 1. The molecule has 0 atom stereocenters. The molecule has 0 saturated heterocycles. The minimum atomic E-state index is -0.360. The Morgan fingerprint density at radius 1 is 0.943 bits per heavy atom. The Kier molecular flexibility index (Phi) is 7.30. The largest absolute Gasteiger partial charge is 0.495 e. The maximum absolute atomic E-state index is 13.1. The molecule has 0 aliphatic carbocycles. The molecule has 3 aromatic carbocycles.